The third-order valence-corrected chi connectivity index (χ3v) is 4.92. The van der Waals surface area contributed by atoms with E-state index in [0.29, 0.717) is 6.04 Å². The van der Waals surface area contributed by atoms with E-state index in [1.54, 1.807) is 0 Å². The van der Waals surface area contributed by atoms with Crippen molar-refractivity contribution in [3.63, 3.8) is 0 Å². The highest BCUT2D eigenvalue weighted by atomic mass is 79.9. The van der Waals surface area contributed by atoms with Crippen LogP contribution in [0.2, 0.25) is 0 Å². The second-order valence-corrected chi connectivity index (χ2v) is 7.47. The van der Waals surface area contributed by atoms with Crippen molar-refractivity contribution < 1.29 is 0 Å². The number of imidazole rings is 2. The summed E-state index contributed by atoms with van der Waals surface area (Å²) in [5.41, 5.74) is 4.56. The summed E-state index contributed by atoms with van der Waals surface area (Å²) in [7, 11) is 0. The summed E-state index contributed by atoms with van der Waals surface area (Å²) >= 11 is 3.52. The molecule has 2 heterocycles. The van der Waals surface area contributed by atoms with Crippen LogP contribution < -0.4 is 5.32 Å². The van der Waals surface area contributed by atoms with E-state index in [2.05, 4.69) is 92.7 Å². The zero-order chi connectivity index (χ0) is 17.4. The Balaban J connectivity index is 1.86. The molecule has 0 aliphatic carbocycles. The van der Waals surface area contributed by atoms with Gasteiger partial charge in [0.25, 0.3) is 0 Å². The lowest BCUT2D eigenvalue weighted by atomic mass is 10.1. The number of nitrogens with zero attached hydrogens (tertiary/aromatic N) is 3. The Morgan fingerprint density at radius 3 is 2.60 bits per heavy atom. The quantitative estimate of drug-likeness (QED) is 0.529. The van der Waals surface area contributed by atoms with Crippen molar-refractivity contribution in [2.75, 3.05) is 6.54 Å². The van der Waals surface area contributed by atoms with Gasteiger partial charge in [0.2, 0.25) is 5.78 Å². The molecule has 4 nitrogen and oxygen atoms in total. The lowest BCUT2D eigenvalue weighted by Crippen LogP contribution is -2.26. The molecule has 25 heavy (non-hydrogen) atoms. The second kappa shape index (κ2) is 6.65. The van der Waals surface area contributed by atoms with Crippen molar-refractivity contribution >= 4 is 32.7 Å². The van der Waals surface area contributed by atoms with Crippen molar-refractivity contribution in [3.8, 4) is 11.3 Å². The Labute approximate surface area is 155 Å². The van der Waals surface area contributed by atoms with E-state index in [1.165, 1.54) is 11.3 Å². The van der Waals surface area contributed by atoms with Crippen LogP contribution in [-0.2, 0) is 6.54 Å². The molecule has 0 bridgehead atoms. The molecule has 0 aliphatic rings. The van der Waals surface area contributed by atoms with E-state index < -0.39 is 0 Å². The first-order chi connectivity index (χ1) is 12.1. The van der Waals surface area contributed by atoms with Crippen LogP contribution in [0.1, 0.15) is 13.8 Å². The molecule has 5 heteroatoms. The average Bonchev–Trinajstić information content (AvgIpc) is 3.12. The van der Waals surface area contributed by atoms with Gasteiger partial charge in [-0.25, -0.2) is 4.98 Å². The zero-order valence-corrected chi connectivity index (χ0v) is 16.0. The molecule has 0 saturated carbocycles. The van der Waals surface area contributed by atoms with Crippen LogP contribution in [0.25, 0.3) is 28.1 Å². The lowest BCUT2D eigenvalue weighted by Gasteiger charge is -2.12. The molecule has 4 aromatic rings. The zero-order valence-electron chi connectivity index (χ0n) is 14.4. The summed E-state index contributed by atoms with van der Waals surface area (Å²) in [6, 6.07) is 17.2. The van der Waals surface area contributed by atoms with Crippen molar-refractivity contribution in [3.05, 3.63) is 59.2 Å². The van der Waals surface area contributed by atoms with Crippen molar-refractivity contribution in [1.29, 1.82) is 0 Å². The maximum absolute atomic E-state index is 4.87. The predicted molar refractivity (Wildman–Crippen MR) is 107 cm³/mol. The number of benzene rings is 2. The molecule has 0 saturated heterocycles. The number of rotatable bonds is 5. The van der Waals surface area contributed by atoms with E-state index in [-0.39, 0.29) is 0 Å². The van der Waals surface area contributed by atoms with Crippen LogP contribution >= 0.6 is 15.9 Å². The minimum atomic E-state index is 0.474. The summed E-state index contributed by atoms with van der Waals surface area (Å²) in [4.78, 5) is 4.87. The minimum absolute atomic E-state index is 0.474. The highest BCUT2D eigenvalue weighted by Gasteiger charge is 2.15. The number of nitrogens with one attached hydrogen (secondary N) is 1. The first-order valence-electron chi connectivity index (χ1n) is 8.59. The number of aromatic nitrogens is 3. The molecule has 0 spiro atoms. The Morgan fingerprint density at radius 2 is 1.84 bits per heavy atom. The van der Waals surface area contributed by atoms with Gasteiger partial charge in [-0.1, -0.05) is 54.0 Å². The van der Waals surface area contributed by atoms with E-state index in [1.807, 2.05) is 6.07 Å². The summed E-state index contributed by atoms with van der Waals surface area (Å²) in [5, 5.41) is 3.50. The number of para-hydroxylation sites is 2. The van der Waals surface area contributed by atoms with Crippen LogP contribution in [0.3, 0.4) is 0 Å². The Kier molecular flexibility index (Phi) is 4.36. The fourth-order valence-corrected chi connectivity index (χ4v) is 3.45. The lowest BCUT2D eigenvalue weighted by molar-refractivity contribution is 0.547. The largest absolute Gasteiger partial charge is 0.313 e. The van der Waals surface area contributed by atoms with Gasteiger partial charge in [-0.05, 0) is 29.8 Å². The van der Waals surface area contributed by atoms with Crippen molar-refractivity contribution in [2.24, 2.45) is 0 Å². The van der Waals surface area contributed by atoms with Crippen molar-refractivity contribution in [2.45, 2.75) is 26.4 Å². The Bertz CT molecular complexity index is 1010. The molecule has 0 fully saturated rings. The van der Waals surface area contributed by atoms with Gasteiger partial charge in [0.15, 0.2) is 0 Å². The second-order valence-electron chi connectivity index (χ2n) is 6.55. The molecule has 1 N–H and O–H groups in total. The standard InChI is InChI=1S/C20H21BrN4/c1-14(2)22-11-12-24-19(15-7-9-16(21)10-8-15)13-25-18-6-4-3-5-17(18)23-20(24)25/h3-10,13-14,22H,11-12H2,1-2H3. The fourth-order valence-electron chi connectivity index (χ4n) is 3.19. The molecular formula is C20H21BrN4. The number of fused-ring (bicyclic) bond motifs is 3. The minimum Gasteiger partial charge on any atom is -0.313 e. The first kappa shape index (κ1) is 16.4. The van der Waals surface area contributed by atoms with Gasteiger partial charge in [0.1, 0.15) is 0 Å². The molecule has 0 unspecified atom stereocenters. The molecule has 0 atom stereocenters. The molecule has 0 aliphatic heterocycles. The van der Waals surface area contributed by atoms with Gasteiger partial charge in [0, 0.05) is 29.8 Å². The van der Waals surface area contributed by atoms with Crippen LogP contribution in [-0.4, -0.2) is 26.5 Å². The van der Waals surface area contributed by atoms with E-state index >= 15 is 0 Å². The topological polar surface area (TPSA) is 34.3 Å². The van der Waals surface area contributed by atoms with Gasteiger partial charge in [-0.3, -0.25) is 4.40 Å². The molecular weight excluding hydrogens is 376 g/mol. The summed E-state index contributed by atoms with van der Waals surface area (Å²) in [5.74, 6) is 0.990. The van der Waals surface area contributed by atoms with Crippen LogP contribution in [0.5, 0.6) is 0 Å². The third kappa shape index (κ3) is 3.10. The smallest absolute Gasteiger partial charge is 0.215 e. The summed E-state index contributed by atoms with van der Waals surface area (Å²) in [6.07, 6.45) is 2.20. The fraction of sp³-hybridized carbons (Fsp3) is 0.250. The normalized spacial score (nSPS) is 11.8. The summed E-state index contributed by atoms with van der Waals surface area (Å²) in [6.45, 7) is 6.13. The monoisotopic (exact) mass is 396 g/mol. The highest BCUT2D eigenvalue weighted by Crippen LogP contribution is 2.27. The average molecular weight is 397 g/mol. The van der Waals surface area contributed by atoms with Crippen molar-refractivity contribution in [1.82, 2.24) is 19.3 Å². The SMILES string of the molecule is CC(C)NCCn1c(-c2ccc(Br)cc2)cn2c3ccccc3nc12. The van der Waals surface area contributed by atoms with E-state index in [4.69, 9.17) is 4.98 Å². The van der Waals surface area contributed by atoms with Gasteiger partial charge in [-0.15, -0.1) is 0 Å². The van der Waals surface area contributed by atoms with Crippen LogP contribution in [0.4, 0.5) is 0 Å². The van der Waals surface area contributed by atoms with Crippen LogP contribution in [0, 0.1) is 0 Å². The molecule has 0 amide bonds. The number of halogens is 1. The van der Waals surface area contributed by atoms with Gasteiger partial charge < -0.3 is 9.88 Å². The van der Waals surface area contributed by atoms with Gasteiger partial charge in [-0.2, -0.15) is 0 Å². The van der Waals surface area contributed by atoms with E-state index in [0.717, 1.165) is 34.4 Å². The number of hydrogen-bond donors (Lipinski definition) is 1. The van der Waals surface area contributed by atoms with Gasteiger partial charge >= 0.3 is 0 Å². The molecule has 128 valence electrons. The predicted octanol–water partition coefficient (Wildman–Crippen LogP) is 4.72. The van der Waals surface area contributed by atoms with Gasteiger partial charge in [0.05, 0.1) is 16.7 Å². The molecule has 4 rings (SSSR count). The highest BCUT2D eigenvalue weighted by molar-refractivity contribution is 9.10. The van der Waals surface area contributed by atoms with E-state index in [9.17, 15) is 0 Å². The summed E-state index contributed by atoms with van der Waals surface area (Å²) < 4.78 is 5.59. The Morgan fingerprint density at radius 1 is 1.08 bits per heavy atom. The maximum Gasteiger partial charge on any atom is 0.215 e. The number of hydrogen-bond acceptors (Lipinski definition) is 2. The third-order valence-electron chi connectivity index (χ3n) is 4.39. The molecule has 2 aromatic heterocycles. The van der Waals surface area contributed by atoms with Crippen LogP contribution in [0.15, 0.2) is 59.2 Å². The molecule has 2 aromatic carbocycles. The Hall–Kier alpha value is -2.11. The maximum atomic E-state index is 4.87. The molecule has 0 radical (unpaired) electrons. The first-order valence-corrected chi connectivity index (χ1v) is 9.38.